The molecule has 0 radical (unpaired) electrons. The maximum absolute atomic E-state index is 13.8. The standard InChI is InChI=1S/C26H35N3O3/c1-31-22-15-20(16-23(17-22)32-2)25(26(30)28-21-10-4-3-5-11-21)29-14-7-6-12-24(29)19-9-8-13-27-18-19/h8-9,13,15-18,21,24-25H,3-7,10-12,14H2,1-2H3,(H,28,30). The van der Waals surface area contributed by atoms with Gasteiger partial charge in [-0.2, -0.15) is 0 Å². The predicted octanol–water partition coefficient (Wildman–Crippen LogP) is 4.82. The van der Waals surface area contributed by atoms with E-state index in [2.05, 4.69) is 21.3 Å². The number of nitrogens with one attached hydrogen (secondary N) is 1. The number of rotatable bonds is 7. The van der Waals surface area contributed by atoms with Crippen molar-refractivity contribution in [2.24, 2.45) is 0 Å². The molecule has 1 aromatic heterocycles. The van der Waals surface area contributed by atoms with Gasteiger partial charge in [0, 0.05) is 30.5 Å². The molecule has 2 unspecified atom stereocenters. The van der Waals surface area contributed by atoms with E-state index in [0.29, 0.717) is 11.5 Å². The summed E-state index contributed by atoms with van der Waals surface area (Å²) in [6, 6.07) is 9.90. The van der Waals surface area contributed by atoms with E-state index in [1.54, 1.807) is 20.4 Å². The lowest BCUT2D eigenvalue weighted by molar-refractivity contribution is -0.129. The highest BCUT2D eigenvalue weighted by Crippen LogP contribution is 2.39. The fourth-order valence-electron chi connectivity index (χ4n) is 5.20. The first-order chi connectivity index (χ1) is 15.7. The number of benzene rings is 1. The Morgan fingerprint density at radius 1 is 1.03 bits per heavy atom. The number of hydrogen-bond donors (Lipinski definition) is 1. The number of likely N-dealkylation sites (tertiary alicyclic amines) is 1. The summed E-state index contributed by atoms with van der Waals surface area (Å²) in [5, 5.41) is 3.38. The van der Waals surface area contributed by atoms with Crippen molar-refractivity contribution < 1.29 is 14.3 Å². The lowest BCUT2D eigenvalue weighted by atomic mass is 9.91. The van der Waals surface area contributed by atoms with Crippen LogP contribution in [0.15, 0.2) is 42.7 Å². The molecule has 6 nitrogen and oxygen atoms in total. The molecule has 0 bridgehead atoms. The summed E-state index contributed by atoms with van der Waals surface area (Å²) >= 11 is 0. The van der Waals surface area contributed by atoms with E-state index < -0.39 is 6.04 Å². The van der Waals surface area contributed by atoms with Crippen LogP contribution in [0.4, 0.5) is 0 Å². The quantitative estimate of drug-likeness (QED) is 0.673. The third-order valence-electron chi connectivity index (χ3n) is 6.83. The van der Waals surface area contributed by atoms with Crippen molar-refractivity contribution in [1.82, 2.24) is 15.2 Å². The Balaban J connectivity index is 1.71. The van der Waals surface area contributed by atoms with Gasteiger partial charge in [-0.25, -0.2) is 0 Å². The number of carbonyl (C=O) groups excluding carboxylic acids is 1. The summed E-state index contributed by atoms with van der Waals surface area (Å²) < 4.78 is 11.1. The number of methoxy groups -OCH3 is 2. The fourth-order valence-corrected chi connectivity index (χ4v) is 5.20. The number of carbonyl (C=O) groups is 1. The van der Waals surface area contributed by atoms with Gasteiger partial charge in [-0.3, -0.25) is 14.7 Å². The van der Waals surface area contributed by atoms with E-state index in [9.17, 15) is 4.79 Å². The van der Waals surface area contributed by atoms with Gasteiger partial charge in [-0.05, 0) is 61.6 Å². The Hall–Kier alpha value is -2.60. The molecule has 0 spiro atoms. The van der Waals surface area contributed by atoms with Gasteiger partial charge in [0.05, 0.1) is 14.2 Å². The van der Waals surface area contributed by atoms with Gasteiger partial charge in [0.25, 0.3) is 0 Å². The molecular weight excluding hydrogens is 402 g/mol. The minimum absolute atomic E-state index is 0.0722. The summed E-state index contributed by atoms with van der Waals surface area (Å²) in [7, 11) is 3.30. The number of nitrogens with zero attached hydrogens (tertiary/aromatic N) is 2. The molecule has 1 aromatic carbocycles. The van der Waals surface area contributed by atoms with Crippen LogP contribution in [0, 0.1) is 0 Å². The SMILES string of the molecule is COc1cc(OC)cc(C(C(=O)NC2CCCCC2)N2CCCCC2c2cccnc2)c1. The van der Waals surface area contributed by atoms with Gasteiger partial charge in [0.2, 0.25) is 5.91 Å². The van der Waals surface area contributed by atoms with Crippen molar-refractivity contribution in [3.05, 3.63) is 53.9 Å². The lowest BCUT2D eigenvalue weighted by Crippen LogP contribution is -2.47. The Morgan fingerprint density at radius 3 is 2.41 bits per heavy atom. The first-order valence-electron chi connectivity index (χ1n) is 11.9. The van der Waals surface area contributed by atoms with Gasteiger partial charge in [-0.15, -0.1) is 0 Å². The van der Waals surface area contributed by atoms with Crippen LogP contribution < -0.4 is 14.8 Å². The zero-order valence-electron chi connectivity index (χ0n) is 19.3. The Labute approximate surface area is 191 Å². The zero-order chi connectivity index (χ0) is 22.3. The second kappa shape index (κ2) is 10.8. The minimum atomic E-state index is -0.411. The predicted molar refractivity (Wildman–Crippen MR) is 125 cm³/mol. The average Bonchev–Trinajstić information content (AvgIpc) is 2.85. The smallest absolute Gasteiger partial charge is 0.242 e. The summed E-state index contributed by atoms with van der Waals surface area (Å²) in [6.45, 7) is 0.863. The van der Waals surface area contributed by atoms with Gasteiger partial charge in [0.1, 0.15) is 17.5 Å². The van der Waals surface area contributed by atoms with Crippen LogP contribution >= 0.6 is 0 Å². The topological polar surface area (TPSA) is 63.7 Å². The Morgan fingerprint density at radius 2 is 1.75 bits per heavy atom. The maximum Gasteiger partial charge on any atom is 0.242 e. The van der Waals surface area contributed by atoms with E-state index in [-0.39, 0.29) is 18.0 Å². The zero-order valence-corrected chi connectivity index (χ0v) is 19.3. The van der Waals surface area contributed by atoms with E-state index >= 15 is 0 Å². The third-order valence-corrected chi connectivity index (χ3v) is 6.83. The maximum atomic E-state index is 13.8. The Bertz CT molecular complexity index is 861. The summed E-state index contributed by atoms with van der Waals surface area (Å²) in [6.07, 6.45) is 12.7. The molecule has 2 aliphatic rings. The van der Waals surface area contributed by atoms with Crippen LogP contribution in [-0.4, -0.2) is 42.6 Å². The summed E-state index contributed by atoms with van der Waals surface area (Å²) in [5.74, 6) is 1.47. The number of ether oxygens (including phenoxy) is 2. The first-order valence-corrected chi connectivity index (χ1v) is 11.9. The number of hydrogen-bond acceptors (Lipinski definition) is 5. The highest BCUT2D eigenvalue weighted by atomic mass is 16.5. The molecule has 2 heterocycles. The van der Waals surface area contributed by atoms with E-state index in [1.165, 1.54) is 19.3 Å². The molecule has 6 heteroatoms. The second-order valence-electron chi connectivity index (χ2n) is 8.93. The van der Waals surface area contributed by atoms with Crippen LogP contribution in [-0.2, 0) is 4.79 Å². The molecule has 1 aliphatic carbocycles. The monoisotopic (exact) mass is 437 g/mol. The van der Waals surface area contributed by atoms with Crippen LogP contribution in [0.1, 0.15) is 74.6 Å². The second-order valence-corrected chi connectivity index (χ2v) is 8.93. The summed E-state index contributed by atoms with van der Waals surface area (Å²) in [5.41, 5.74) is 2.07. The summed E-state index contributed by atoms with van der Waals surface area (Å²) in [4.78, 5) is 20.5. The average molecular weight is 438 g/mol. The van der Waals surface area contributed by atoms with E-state index in [0.717, 1.165) is 49.8 Å². The molecule has 4 rings (SSSR count). The van der Waals surface area contributed by atoms with Crippen molar-refractivity contribution in [2.75, 3.05) is 20.8 Å². The third kappa shape index (κ3) is 5.23. The van der Waals surface area contributed by atoms with Crippen LogP contribution in [0.2, 0.25) is 0 Å². The molecule has 2 atom stereocenters. The number of amides is 1. The lowest BCUT2D eigenvalue weighted by Gasteiger charge is -2.41. The molecular formula is C26H35N3O3. The van der Waals surface area contributed by atoms with Crippen LogP contribution in [0.3, 0.4) is 0 Å². The molecule has 1 amide bonds. The highest BCUT2D eigenvalue weighted by Gasteiger charge is 2.36. The van der Waals surface area contributed by atoms with Gasteiger partial charge in [0.15, 0.2) is 0 Å². The molecule has 1 saturated carbocycles. The van der Waals surface area contributed by atoms with Gasteiger partial charge in [-0.1, -0.05) is 31.7 Å². The molecule has 2 aromatic rings. The highest BCUT2D eigenvalue weighted by molar-refractivity contribution is 5.84. The van der Waals surface area contributed by atoms with Crippen LogP contribution in [0.25, 0.3) is 0 Å². The van der Waals surface area contributed by atoms with Gasteiger partial charge < -0.3 is 14.8 Å². The molecule has 172 valence electrons. The molecule has 32 heavy (non-hydrogen) atoms. The van der Waals surface area contributed by atoms with Crippen molar-refractivity contribution in [1.29, 1.82) is 0 Å². The van der Waals surface area contributed by atoms with Crippen molar-refractivity contribution in [2.45, 2.75) is 69.5 Å². The molecule has 1 N–H and O–H groups in total. The molecule has 1 aliphatic heterocycles. The van der Waals surface area contributed by atoms with E-state index in [1.807, 2.05) is 30.5 Å². The normalized spacial score (nSPS) is 21.0. The fraction of sp³-hybridized carbons (Fsp3) is 0.538. The largest absolute Gasteiger partial charge is 0.497 e. The number of pyridine rings is 1. The van der Waals surface area contributed by atoms with Crippen LogP contribution in [0.5, 0.6) is 11.5 Å². The molecule has 1 saturated heterocycles. The number of aromatic nitrogens is 1. The van der Waals surface area contributed by atoms with Crippen molar-refractivity contribution in [3.8, 4) is 11.5 Å². The van der Waals surface area contributed by atoms with Crippen molar-refractivity contribution in [3.63, 3.8) is 0 Å². The first kappa shape index (κ1) is 22.6. The van der Waals surface area contributed by atoms with Gasteiger partial charge >= 0.3 is 0 Å². The number of piperidine rings is 1. The Kier molecular flexibility index (Phi) is 7.63. The van der Waals surface area contributed by atoms with E-state index in [4.69, 9.17) is 9.47 Å². The minimum Gasteiger partial charge on any atom is -0.497 e. The van der Waals surface area contributed by atoms with Crippen molar-refractivity contribution >= 4 is 5.91 Å². The molecule has 2 fully saturated rings.